The summed E-state index contributed by atoms with van der Waals surface area (Å²) in [6, 6.07) is 15.4. The average molecular weight is 539 g/mol. The Morgan fingerprint density at radius 2 is 1.82 bits per heavy atom. The van der Waals surface area contributed by atoms with Gasteiger partial charge in [-0.25, -0.2) is 4.79 Å². The van der Waals surface area contributed by atoms with Gasteiger partial charge in [0, 0.05) is 41.2 Å². The summed E-state index contributed by atoms with van der Waals surface area (Å²) in [5, 5.41) is 11.3. The van der Waals surface area contributed by atoms with Crippen LogP contribution in [0.3, 0.4) is 0 Å². The Kier molecular flexibility index (Phi) is 10.3. The SMILES string of the molecule is CCOC(=O)C1=C(CSC(CC=O)c2ccccc2)N=C(C)C(C(=O)OCC)C1c1cccc([N+](=O)[O-])c1. The molecule has 1 heterocycles. The van der Waals surface area contributed by atoms with E-state index in [-0.39, 0.29) is 41.9 Å². The summed E-state index contributed by atoms with van der Waals surface area (Å²) < 4.78 is 10.7. The van der Waals surface area contributed by atoms with Gasteiger partial charge in [0.25, 0.3) is 5.69 Å². The molecule has 9 nitrogen and oxygen atoms in total. The molecule has 0 fully saturated rings. The monoisotopic (exact) mass is 538 g/mol. The molecule has 1 aliphatic rings. The van der Waals surface area contributed by atoms with Crippen molar-refractivity contribution in [1.82, 2.24) is 0 Å². The summed E-state index contributed by atoms with van der Waals surface area (Å²) >= 11 is 1.44. The van der Waals surface area contributed by atoms with E-state index in [1.54, 1.807) is 26.8 Å². The summed E-state index contributed by atoms with van der Waals surface area (Å²) in [5.74, 6) is -2.86. The van der Waals surface area contributed by atoms with Gasteiger partial charge in [-0.15, -0.1) is 11.8 Å². The van der Waals surface area contributed by atoms with Gasteiger partial charge in [0.1, 0.15) is 12.2 Å². The minimum atomic E-state index is -0.968. The van der Waals surface area contributed by atoms with Crippen LogP contribution < -0.4 is 0 Å². The second kappa shape index (κ2) is 13.7. The maximum absolute atomic E-state index is 13.4. The number of ether oxygens (including phenoxy) is 2. The van der Waals surface area contributed by atoms with Gasteiger partial charge in [0.05, 0.1) is 29.4 Å². The number of nitro groups is 1. The third-order valence-corrected chi connectivity index (χ3v) is 7.40. The fourth-order valence-electron chi connectivity index (χ4n) is 4.46. The summed E-state index contributed by atoms with van der Waals surface area (Å²) in [5.41, 5.74) is 2.18. The smallest absolute Gasteiger partial charge is 0.336 e. The van der Waals surface area contributed by atoms with E-state index in [1.807, 2.05) is 30.3 Å². The molecule has 0 bridgehead atoms. The summed E-state index contributed by atoms with van der Waals surface area (Å²) in [4.78, 5) is 53.6. The van der Waals surface area contributed by atoms with Gasteiger partial charge in [-0.1, -0.05) is 42.5 Å². The van der Waals surface area contributed by atoms with E-state index >= 15 is 0 Å². The standard InChI is InChI=1S/C28H30N2O7S/c1-4-36-27(32)24-18(3)29-22(17-38-23(14-15-31)19-10-7-6-8-11-19)26(28(33)37-5-2)25(24)20-12-9-13-21(16-20)30(34)35/h6-13,15-16,23-25H,4-5,14,17H2,1-3H3. The van der Waals surface area contributed by atoms with Crippen molar-refractivity contribution in [3.8, 4) is 0 Å². The number of nitro benzene ring substituents is 1. The van der Waals surface area contributed by atoms with Crippen LogP contribution in [0.15, 0.2) is 70.9 Å². The van der Waals surface area contributed by atoms with Crippen molar-refractivity contribution in [2.24, 2.45) is 10.9 Å². The number of benzene rings is 2. The van der Waals surface area contributed by atoms with E-state index in [9.17, 15) is 24.5 Å². The zero-order chi connectivity index (χ0) is 27.7. The topological polar surface area (TPSA) is 125 Å². The van der Waals surface area contributed by atoms with E-state index in [0.717, 1.165) is 11.8 Å². The summed E-state index contributed by atoms with van der Waals surface area (Å²) in [7, 11) is 0. The Morgan fingerprint density at radius 1 is 1.11 bits per heavy atom. The van der Waals surface area contributed by atoms with E-state index in [4.69, 9.17) is 9.47 Å². The zero-order valence-electron chi connectivity index (χ0n) is 21.5. The molecule has 3 atom stereocenters. The first kappa shape index (κ1) is 28.8. The Hall–Kier alpha value is -3.79. The van der Waals surface area contributed by atoms with Crippen molar-refractivity contribution >= 4 is 41.4 Å². The first-order valence-electron chi connectivity index (χ1n) is 12.3. The van der Waals surface area contributed by atoms with Crippen molar-refractivity contribution < 1.29 is 28.8 Å². The molecule has 38 heavy (non-hydrogen) atoms. The number of carbonyl (C=O) groups is 3. The predicted molar refractivity (Wildman–Crippen MR) is 145 cm³/mol. The van der Waals surface area contributed by atoms with Gasteiger partial charge >= 0.3 is 11.9 Å². The van der Waals surface area contributed by atoms with Gasteiger partial charge in [0.2, 0.25) is 0 Å². The zero-order valence-corrected chi connectivity index (χ0v) is 22.3. The fraction of sp³-hybridized carbons (Fsp3) is 0.357. The van der Waals surface area contributed by atoms with Crippen LogP contribution in [0.1, 0.15) is 49.5 Å². The van der Waals surface area contributed by atoms with Crippen LogP contribution in [0.5, 0.6) is 0 Å². The molecule has 0 radical (unpaired) electrons. The minimum absolute atomic E-state index is 0.0922. The molecule has 0 N–H and O–H groups in total. The summed E-state index contributed by atoms with van der Waals surface area (Å²) in [6.45, 7) is 5.24. The minimum Gasteiger partial charge on any atom is -0.465 e. The molecule has 2 aromatic carbocycles. The third kappa shape index (κ3) is 6.74. The first-order chi connectivity index (χ1) is 18.3. The number of hydrogen-bond acceptors (Lipinski definition) is 9. The maximum atomic E-state index is 13.4. The average Bonchev–Trinajstić information content (AvgIpc) is 2.91. The number of rotatable bonds is 12. The lowest BCUT2D eigenvalue weighted by atomic mass is 9.75. The molecule has 0 amide bonds. The van der Waals surface area contributed by atoms with Crippen LogP contribution in [0, 0.1) is 16.0 Å². The largest absolute Gasteiger partial charge is 0.465 e. The molecule has 0 aliphatic carbocycles. The van der Waals surface area contributed by atoms with Gasteiger partial charge in [-0.3, -0.25) is 19.9 Å². The second-order valence-corrected chi connectivity index (χ2v) is 9.70. The molecule has 200 valence electrons. The lowest BCUT2D eigenvalue weighted by Gasteiger charge is -2.32. The van der Waals surface area contributed by atoms with E-state index in [0.29, 0.717) is 17.0 Å². The van der Waals surface area contributed by atoms with E-state index in [1.165, 1.54) is 30.0 Å². The molecule has 0 aromatic heterocycles. The number of hydrogen-bond donors (Lipinski definition) is 0. The highest BCUT2D eigenvalue weighted by Gasteiger charge is 2.43. The van der Waals surface area contributed by atoms with Crippen LogP contribution in [0.2, 0.25) is 0 Å². The second-order valence-electron chi connectivity index (χ2n) is 8.51. The van der Waals surface area contributed by atoms with Crippen LogP contribution in [-0.2, 0) is 23.9 Å². The Bertz CT molecular complexity index is 1240. The van der Waals surface area contributed by atoms with E-state index in [2.05, 4.69) is 4.99 Å². The molecular weight excluding hydrogens is 508 g/mol. The Labute approximate surface area is 225 Å². The number of non-ortho nitro benzene ring substituents is 1. The van der Waals surface area contributed by atoms with Crippen molar-refractivity contribution in [1.29, 1.82) is 0 Å². The van der Waals surface area contributed by atoms with Crippen LogP contribution >= 0.6 is 11.8 Å². The predicted octanol–water partition coefficient (Wildman–Crippen LogP) is 5.21. The molecule has 3 rings (SSSR count). The van der Waals surface area contributed by atoms with Gasteiger partial charge < -0.3 is 14.3 Å². The van der Waals surface area contributed by atoms with Crippen molar-refractivity contribution in [3.05, 3.63) is 87.1 Å². The highest BCUT2D eigenvalue weighted by molar-refractivity contribution is 7.99. The highest BCUT2D eigenvalue weighted by atomic mass is 32.2. The molecule has 10 heteroatoms. The molecule has 0 saturated carbocycles. The van der Waals surface area contributed by atoms with E-state index < -0.39 is 28.7 Å². The molecular formula is C28H30N2O7S. The lowest BCUT2D eigenvalue weighted by molar-refractivity contribution is -0.384. The van der Waals surface area contributed by atoms with Crippen LogP contribution in [-0.4, -0.2) is 47.8 Å². The van der Waals surface area contributed by atoms with Crippen molar-refractivity contribution in [2.45, 2.75) is 38.4 Å². The molecule has 1 aliphatic heterocycles. The van der Waals surface area contributed by atoms with Gasteiger partial charge in [-0.05, 0) is 31.9 Å². The Balaban J connectivity index is 2.15. The summed E-state index contributed by atoms with van der Waals surface area (Å²) in [6.07, 6.45) is 1.11. The van der Waals surface area contributed by atoms with Crippen LogP contribution in [0.4, 0.5) is 5.69 Å². The van der Waals surface area contributed by atoms with Crippen molar-refractivity contribution in [2.75, 3.05) is 19.0 Å². The quantitative estimate of drug-likeness (QED) is 0.156. The number of aldehydes is 1. The Morgan fingerprint density at radius 3 is 2.45 bits per heavy atom. The normalized spacial score (nSPS) is 17.8. The van der Waals surface area contributed by atoms with Gasteiger partial charge in [-0.2, -0.15) is 0 Å². The molecule has 0 saturated heterocycles. The third-order valence-electron chi connectivity index (χ3n) is 6.10. The van der Waals surface area contributed by atoms with Crippen LogP contribution in [0.25, 0.3) is 0 Å². The fourth-order valence-corrected chi connectivity index (χ4v) is 5.60. The van der Waals surface area contributed by atoms with Gasteiger partial charge in [0.15, 0.2) is 0 Å². The number of thioether (sulfide) groups is 1. The highest BCUT2D eigenvalue weighted by Crippen LogP contribution is 2.43. The molecule has 0 spiro atoms. The van der Waals surface area contributed by atoms with Crippen molar-refractivity contribution in [3.63, 3.8) is 0 Å². The number of esters is 2. The number of carbonyl (C=O) groups excluding carboxylic acids is 3. The number of aliphatic imine (C=N–C) groups is 1. The lowest BCUT2D eigenvalue weighted by Crippen LogP contribution is -2.37. The molecule has 3 unspecified atom stereocenters. The number of nitrogens with zero attached hydrogens (tertiary/aromatic N) is 2. The first-order valence-corrected chi connectivity index (χ1v) is 13.3. The maximum Gasteiger partial charge on any atom is 0.336 e. The molecule has 2 aromatic rings.